The van der Waals surface area contributed by atoms with Crippen molar-refractivity contribution in [2.45, 2.75) is 13.5 Å². The van der Waals surface area contributed by atoms with Crippen molar-refractivity contribution < 1.29 is 13.6 Å². The Bertz CT molecular complexity index is 538. The van der Waals surface area contributed by atoms with E-state index in [4.69, 9.17) is 4.42 Å². The van der Waals surface area contributed by atoms with Gasteiger partial charge in [0.2, 0.25) is 0 Å². The fourth-order valence-corrected chi connectivity index (χ4v) is 1.51. The molecule has 18 heavy (non-hydrogen) atoms. The minimum atomic E-state index is -0.342. The number of hydrogen-bond donors (Lipinski definition) is 2. The molecule has 2 aromatic rings. The number of carbonyl (C=O) groups is 1. The number of aryl methyl sites for hydroxylation is 1. The number of hydrogen-bond acceptors (Lipinski definition) is 2. The number of amides is 2. The van der Waals surface area contributed by atoms with Crippen LogP contribution in [0.4, 0.5) is 14.9 Å². The molecular weight excluding hydrogens is 235 g/mol. The van der Waals surface area contributed by atoms with Gasteiger partial charge in [-0.3, -0.25) is 0 Å². The fraction of sp³-hybridized carbons (Fsp3) is 0.154. The van der Waals surface area contributed by atoms with Crippen LogP contribution in [0.1, 0.15) is 11.1 Å². The molecule has 0 bridgehead atoms. The van der Waals surface area contributed by atoms with E-state index in [1.165, 1.54) is 18.2 Å². The Kier molecular flexibility index (Phi) is 3.62. The van der Waals surface area contributed by atoms with Crippen molar-refractivity contribution in [3.05, 3.63) is 53.7 Å². The first-order valence-corrected chi connectivity index (χ1v) is 5.47. The first-order chi connectivity index (χ1) is 8.65. The number of carbonyl (C=O) groups excluding carboxylic acids is 1. The Morgan fingerprint density at radius 3 is 2.89 bits per heavy atom. The Morgan fingerprint density at radius 1 is 1.39 bits per heavy atom. The van der Waals surface area contributed by atoms with Crippen molar-refractivity contribution >= 4 is 11.7 Å². The van der Waals surface area contributed by atoms with Gasteiger partial charge in [0.25, 0.3) is 0 Å². The average Bonchev–Trinajstić information content (AvgIpc) is 2.83. The van der Waals surface area contributed by atoms with Gasteiger partial charge in [0.15, 0.2) is 0 Å². The van der Waals surface area contributed by atoms with Gasteiger partial charge in [-0.1, -0.05) is 0 Å². The highest BCUT2D eigenvalue weighted by Crippen LogP contribution is 2.15. The first kappa shape index (κ1) is 12.2. The van der Waals surface area contributed by atoms with Crippen molar-refractivity contribution in [3.63, 3.8) is 0 Å². The minimum Gasteiger partial charge on any atom is -0.472 e. The maximum Gasteiger partial charge on any atom is 0.319 e. The van der Waals surface area contributed by atoms with E-state index >= 15 is 0 Å². The summed E-state index contributed by atoms with van der Waals surface area (Å²) in [7, 11) is 0. The molecule has 1 aromatic carbocycles. The molecule has 0 aliphatic rings. The number of urea groups is 1. The molecule has 0 radical (unpaired) electrons. The van der Waals surface area contributed by atoms with Gasteiger partial charge >= 0.3 is 6.03 Å². The lowest BCUT2D eigenvalue weighted by atomic mass is 10.2. The van der Waals surface area contributed by atoms with E-state index in [9.17, 15) is 9.18 Å². The van der Waals surface area contributed by atoms with Crippen molar-refractivity contribution in [2.24, 2.45) is 0 Å². The summed E-state index contributed by atoms with van der Waals surface area (Å²) in [5.74, 6) is -0.322. The van der Waals surface area contributed by atoms with Crippen LogP contribution in [0.25, 0.3) is 0 Å². The Hall–Kier alpha value is -2.30. The van der Waals surface area contributed by atoms with Crippen molar-refractivity contribution in [1.29, 1.82) is 0 Å². The lowest BCUT2D eigenvalue weighted by molar-refractivity contribution is 0.251. The van der Waals surface area contributed by atoms with Gasteiger partial charge in [0, 0.05) is 17.8 Å². The lowest BCUT2D eigenvalue weighted by Crippen LogP contribution is -2.28. The van der Waals surface area contributed by atoms with Gasteiger partial charge in [-0.15, -0.1) is 0 Å². The second-order valence-electron chi connectivity index (χ2n) is 3.90. The molecule has 0 fully saturated rings. The SMILES string of the molecule is Cc1cc(F)ccc1NC(=O)NCc1ccoc1. The van der Waals surface area contributed by atoms with E-state index in [-0.39, 0.29) is 11.8 Å². The molecular formula is C13H13FN2O2. The van der Waals surface area contributed by atoms with Crippen LogP contribution in [-0.4, -0.2) is 6.03 Å². The zero-order chi connectivity index (χ0) is 13.0. The third kappa shape index (κ3) is 3.10. The summed E-state index contributed by atoms with van der Waals surface area (Å²) in [6.45, 7) is 2.11. The molecule has 0 unspecified atom stereocenters. The van der Waals surface area contributed by atoms with Crippen molar-refractivity contribution in [2.75, 3.05) is 5.32 Å². The van der Waals surface area contributed by atoms with Crippen LogP contribution in [0.15, 0.2) is 41.2 Å². The van der Waals surface area contributed by atoms with Crippen LogP contribution >= 0.6 is 0 Å². The number of furan rings is 1. The minimum absolute atomic E-state index is 0.322. The molecule has 1 aromatic heterocycles. The topological polar surface area (TPSA) is 54.3 Å². The van der Waals surface area contributed by atoms with Crippen molar-refractivity contribution in [3.8, 4) is 0 Å². The first-order valence-electron chi connectivity index (χ1n) is 5.47. The highest BCUT2D eigenvalue weighted by molar-refractivity contribution is 5.89. The average molecular weight is 248 g/mol. The van der Waals surface area contributed by atoms with Gasteiger partial charge in [-0.2, -0.15) is 0 Å². The summed E-state index contributed by atoms with van der Waals surface area (Å²) in [5.41, 5.74) is 2.13. The van der Waals surface area contributed by atoms with Crippen LogP contribution < -0.4 is 10.6 Å². The second kappa shape index (κ2) is 5.35. The monoisotopic (exact) mass is 248 g/mol. The largest absolute Gasteiger partial charge is 0.472 e. The molecule has 0 saturated carbocycles. The molecule has 0 aliphatic heterocycles. The van der Waals surface area contributed by atoms with E-state index in [0.717, 1.165) is 5.56 Å². The summed E-state index contributed by atoms with van der Waals surface area (Å²) in [6.07, 6.45) is 3.10. The summed E-state index contributed by atoms with van der Waals surface area (Å²) >= 11 is 0. The molecule has 0 aliphatic carbocycles. The molecule has 0 spiro atoms. The molecule has 2 N–H and O–H groups in total. The fourth-order valence-electron chi connectivity index (χ4n) is 1.51. The number of nitrogens with one attached hydrogen (secondary N) is 2. The van der Waals surface area contributed by atoms with Crippen LogP contribution in [0.3, 0.4) is 0 Å². The quantitative estimate of drug-likeness (QED) is 0.877. The zero-order valence-corrected chi connectivity index (χ0v) is 9.87. The Labute approximate surface area is 104 Å². The van der Waals surface area contributed by atoms with E-state index in [1.54, 1.807) is 25.5 Å². The van der Waals surface area contributed by atoms with Crippen LogP contribution in [-0.2, 0) is 6.54 Å². The summed E-state index contributed by atoms with van der Waals surface area (Å²) in [6, 6.07) is 5.63. The maximum atomic E-state index is 12.9. The molecule has 2 amide bonds. The molecule has 5 heteroatoms. The number of benzene rings is 1. The summed E-state index contributed by atoms with van der Waals surface area (Å²) in [4.78, 5) is 11.6. The summed E-state index contributed by atoms with van der Waals surface area (Å²) in [5, 5.41) is 5.32. The Balaban J connectivity index is 1.91. The molecule has 0 atom stereocenters. The van der Waals surface area contributed by atoms with Gasteiger partial charge in [-0.05, 0) is 36.8 Å². The smallest absolute Gasteiger partial charge is 0.319 e. The standard InChI is InChI=1S/C13H13FN2O2/c1-9-6-11(14)2-3-12(9)16-13(17)15-7-10-4-5-18-8-10/h2-6,8H,7H2,1H3,(H2,15,16,17). The predicted molar refractivity (Wildman–Crippen MR) is 65.7 cm³/mol. The van der Waals surface area contributed by atoms with Gasteiger partial charge in [0.05, 0.1) is 12.5 Å². The van der Waals surface area contributed by atoms with E-state index in [0.29, 0.717) is 17.8 Å². The number of anilines is 1. The molecule has 94 valence electrons. The predicted octanol–water partition coefficient (Wildman–Crippen LogP) is 3.05. The molecule has 2 rings (SSSR count). The maximum absolute atomic E-state index is 12.9. The van der Waals surface area contributed by atoms with Crippen molar-refractivity contribution in [1.82, 2.24) is 5.32 Å². The lowest BCUT2D eigenvalue weighted by Gasteiger charge is -2.09. The van der Waals surface area contributed by atoms with E-state index < -0.39 is 0 Å². The summed E-state index contributed by atoms with van der Waals surface area (Å²) < 4.78 is 17.8. The van der Waals surface area contributed by atoms with Crippen LogP contribution in [0, 0.1) is 12.7 Å². The third-order valence-corrected chi connectivity index (χ3v) is 2.47. The van der Waals surface area contributed by atoms with Gasteiger partial charge in [-0.25, -0.2) is 9.18 Å². The van der Waals surface area contributed by atoms with E-state index in [2.05, 4.69) is 10.6 Å². The third-order valence-electron chi connectivity index (χ3n) is 2.47. The van der Waals surface area contributed by atoms with Crippen LogP contribution in [0.5, 0.6) is 0 Å². The normalized spacial score (nSPS) is 10.1. The van der Waals surface area contributed by atoms with Gasteiger partial charge in [0.1, 0.15) is 5.82 Å². The molecule has 1 heterocycles. The van der Waals surface area contributed by atoms with Gasteiger partial charge < -0.3 is 15.1 Å². The highest BCUT2D eigenvalue weighted by Gasteiger charge is 2.05. The second-order valence-corrected chi connectivity index (χ2v) is 3.90. The number of halogens is 1. The molecule has 4 nitrogen and oxygen atoms in total. The van der Waals surface area contributed by atoms with E-state index in [1.807, 2.05) is 0 Å². The highest BCUT2D eigenvalue weighted by atomic mass is 19.1. The molecule has 0 saturated heterocycles. The van der Waals surface area contributed by atoms with Crippen LogP contribution in [0.2, 0.25) is 0 Å². The number of rotatable bonds is 3. The zero-order valence-electron chi connectivity index (χ0n) is 9.87. The Morgan fingerprint density at radius 2 is 2.22 bits per heavy atom.